The number of nitrogens with two attached hydrogens (primary N) is 1. The molecule has 0 fully saturated rings. The number of pyridine rings is 1. The van der Waals surface area contributed by atoms with E-state index in [1.54, 1.807) is 43.6 Å². The van der Waals surface area contributed by atoms with Crippen LogP contribution in [0.1, 0.15) is 46.5 Å². The third kappa shape index (κ3) is 7.02. The zero-order valence-electron chi connectivity index (χ0n) is 22.6. The lowest BCUT2D eigenvalue weighted by Crippen LogP contribution is -2.17. The second kappa shape index (κ2) is 12.4. The molecule has 0 saturated carbocycles. The average Bonchev–Trinajstić information content (AvgIpc) is 2.95. The Balaban J connectivity index is 1.91. The first kappa shape index (κ1) is 28.5. The van der Waals surface area contributed by atoms with Gasteiger partial charge in [0.05, 0.1) is 18.6 Å². The summed E-state index contributed by atoms with van der Waals surface area (Å²) >= 11 is 0. The molecule has 0 atom stereocenters. The molecule has 3 rings (SSSR count). The number of nitrogens with one attached hydrogen (secondary N) is 3. The quantitative estimate of drug-likeness (QED) is 0.297. The van der Waals surface area contributed by atoms with E-state index in [1.165, 1.54) is 13.3 Å². The van der Waals surface area contributed by atoms with Gasteiger partial charge in [0.25, 0.3) is 5.91 Å². The van der Waals surface area contributed by atoms with Crippen molar-refractivity contribution >= 4 is 34.8 Å². The number of nitrogens with zero attached hydrogens (tertiary/aromatic N) is 2. The molecule has 3 aromatic rings. The Bertz CT molecular complexity index is 1480. The van der Waals surface area contributed by atoms with Gasteiger partial charge in [-0.3, -0.25) is 10.1 Å². The summed E-state index contributed by atoms with van der Waals surface area (Å²) in [7, 11) is 3.07. The second-order valence-corrected chi connectivity index (χ2v) is 9.28. The van der Waals surface area contributed by atoms with Crippen molar-refractivity contribution in [3.8, 4) is 6.07 Å². The van der Waals surface area contributed by atoms with Crippen molar-refractivity contribution < 1.29 is 14.3 Å². The summed E-state index contributed by atoms with van der Waals surface area (Å²) < 4.78 is 4.63. The maximum atomic E-state index is 13.1. The van der Waals surface area contributed by atoms with Crippen LogP contribution in [-0.2, 0) is 10.2 Å². The zero-order chi connectivity index (χ0) is 28.6. The fraction of sp³-hybridized carbons (Fsp3) is 0.200. The van der Waals surface area contributed by atoms with Crippen molar-refractivity contribution in [2.45, 2.75) is 26.2 Å². The van der Waals surface area contributed by atoms with Crippen LogP contribution >= 0.6 is 0 Å². The third-order valence-corrected chi connectivity index (χ3v) is 6.17. The van der Waals surface area contributed by atoms with E-state index in [1.807, 2.05) is 51.1 Å². The largest absolute Gasteiger partial charge is 0.453 e. The van der Waals surface area contributed by atoms with E-state index in [-0.39, 0.29) is 5.91 Å². The van der Waals surface area contributed by atoms with Crippen LogP contribution in [0.5, 0.6) is 0 Å². The van der Waals surface area contributed by atoms with Gasteiger partial charge in [-0.15, -0.1) is 0 Å². The maximum Gasteiger partial charge on any atom is 0.412 e. The minimum Gasteiger partial charge on any atom is -0.453 e. The standard InChI is InChI=1S/C30H32N6O3/c1-19-9-10-24(35-28(37)21-7-6-8-23(13-21)30(2,3)18-32)16-25(19)26(33-4)14-22(17-31)20-11-12-34-27(15-20)36-29(38)39-5/h6-17,33H,31H2,1-5H3,(H,35,37)(H,34,36,38)/b22-17+,26-14-. The SMILES string of the molecule is CN/C(=C\C(=C/N)c1ccnc(NC(=O)OC)c1)c1cc(NC(=O)c2cccc(C(C)(C)C#N)c2)ccc1C. The predicted octanol–water partition coefficient (Wildman–Crippen LogP) is 5.18. The van der Waals surface area contributed by atoms with Gasteiger partial charge in [-0.05, 0) is 85.5 Å². The van der Waals surface area contributed by atoms with Crippen molar-refractivity contribution in [3.05, 3.63) is 101 Å². The van der Waals surface area contributed by atoms with Crippen molar-refractivity contribution in [1.29, 1.82) is 5.26 Å². The van der Waals surface area contributed by atoms with Crippen LogP contribution in [0.2, 0.25) is 0 Å². The first-order valence-corrected chi connectivity index (χ1v) is 12.2. The molecule has 0 spiro atoms. The third-order valence-electron chi connectivity index (χ3n) is 6.17. The number of hydrogen-bond donors (Lipinski definition) is 4. The number of ether oxygens (including phenoxy) is 1. The smallest absolute Gasteiger partial charge is 0.412 e. The highest BCUT2D eigenvalue weighted by atomic mass is 16.5. The fourth-order valence-corrected chi connectivity index (χ4v) is 3.81. The highest BCUT2D eigenvalue weighted by molar-refractivity contribution is 6.04. The molecule has 9 nitrogen and oxygen atoms in total. The molecule has 9 heteroatoms. The Morgan fingerprint density at radius 1 is 1.08 bits per heavy atom. The lowest BCUT2D eigenvalue weighted by Gasteiger charge is -2.17. The molecule has 39 heavy (non-hydrogen) atoms. The first-order chi connectivity index (χ1) is 18.6. The normalized spacial score (nSPS) is 11.8. The molecule has 5 N–H and O–H groups in total. The Kier molecular flexibility index (Phi) is 9.07. The van der Waals surface area contributed by atoms with Crippen LogP contribution in [0, 0.1) is 18.3 Å². The molecule has 1 aromatic heterocycles. The van der Waals surface area contributed by atoms with E-state index in [2.05, 4.69) is 31.7 Å². The monoisotopic (exact) mass is 524 g/mol. The van der Waals surface area contributed by atoms with Crippen LogP contribution in [-0.4, -0.2) is 31.1 Å². The van der Waals surface area contributed by atoms with Gasteiger partial charge in [0.1, 0.15) is 5.82 Å². The molecule has 0 unspecified atom stereocenters. The maximum absolute atomic E-state index is 13.1. The first-order valence-electron chi connectivity index (χ1n) is 12.2. The second-order valence-electron chi connectivity index (χ2n) is 9.28. The minimum absolute atomic E-state index is 0.277. The fourth-order valence-electron chi connectivity index (χ4n) is 3.81. The molecular weight excluding hydrogens is 492 g/mol. The number of carbonyl (C=O) groups is 2. The topological polar surface area (TPSA) is 142 Å². The number of allylic oxidation sites excluding steroid dienone is 2. The van der Waals surface area contributed by atoms with Crippen molar-refractivity contribution in [3.63, 3.8) is 0 Å². The summed E-state index contributed by atoms with van der Waals surface area (Å²) in [6.07, 6.45) is 4.27. The van der Waals surface area contributed by atoms with Crippen LogP contribution in [0.3, 0.4) is 0 Å². The van der Waals surface area contributed by atoms with Gasteiger partial charge >= 0.3 is 6.09 Å². The molecule has 0 radical (unpaired) electrons. The Hall–Kier alpha value is -5.10. The Labute approximate surface area is 228 Å². The van der Waals surface area contributed by atoms with Gasteiger partial charge in [-0.25, -0.2) is 9.78 Å². The van der Waals surface area contributed by atoms with Gasteiger partial charge in [0.2, 0.25) is 0 Å². The van der Waals surface area contributed by atoms with Crippen LogP contribution in [0.15, 0.2) is 73.1 Å². The van der Waals surface area contributed by atoms with E-state index in [4.69, 9.17) is 5.73 Å². The highest BCUT2D eigenvalue weighted by Crippen LogP contribution is 2.27. The molecule has 2 amide bonds. The van der Waals surface area contributed by atoms with Crippen molar-refractivity contribution in [2.75, 3.05) is 24.8 Å². The molecule has 0 aliphatic carbocycles. The van der Waals surface area contributed by atoms with E-state index >= 15 is 0 Å². The number of aryl methyl sites for hydroxylation is 1. The van der Waals surface area contributed by atoms with Crippen LogP contribution < -0.4 is 21.7 Å². The number of aromatic nitrogens is 1. The number of rotatable bonds is 8. The molecule has 0 saturated heterocycles. The number of methoxy groups -OCH3 is 1. The van der Waals surface area contributed by atoms with E-state index < -0.39 is 11.5 Å². The molecule has 200 valence electrons. The number of anilines is 2. The Morgan fingerprint density at radius 2 is 1.85 bits per heavy atom. The number of nitriles is 1. The van der Waals surface area contributed by atoms with Crippen LogP contribution in [0.25, 0.3) is 11.3 Å². The van der Waals surface area contributed by atoms with E-state index in [0.29, 0.717) is 22.6 Å². The molecule has 2 aromatic carbocycles. The summed E-state index contributed by atoms with van der Waals surface area (Å²) in [5, 5.41) is 18.2. The van der Waals surface area contributed by atoms with Crippen molar-refractivity contribution in [1.82, 2.24) is 10.3 Å². The van der Waals surface area contributed by atoms with Crippen molar-refractivity contribution in [2.24, 2.45) is 5.73 Å². The van der Waals surface area contributed by atoms with Gasteiger partial charge in [0.15, 0.2) is 0 Å². The summed E-state index contributed by atoms with van der Waals surface area (Å²) in [6.45, 7) is 5.60. The molecule has 0 aliphatic heterocycles. The highest BCUT2D eigenvalue weighted by Gasteiger charge is 2.21. The predicted molar refractivity (Wildman–Crippen MR) is 154 cm³/mol. The number of amides is 2. The number of hydrogen-bond acceptors (Lipinski definition) is 7. The summed E-state index contributed by atoms with van der Waals surface area (Å²) in [4.78, 5) is 28.8. The Morgan fingerprint density at radius 3 is 2.51 bits per heavy atom. The average molecular weight is 525 g/mol. The van der Waals surface area contributed by atoms with Gasteiger partial charge in [-0.2, -0.15) is 5.26 Å². The molecule has 0 aliphatic rings. The number of carbonyl (C=O) groups excluding carboxylic acids is 2. The summed E-state index contributed by atoms with van der Waals surface area (Å²) in [5.74, 6) is 0.0431. The van der Waals surface area contributed by atoms with Gasteiger partial charge in [-0.1, -0.05) is 18.2 Å². The van der Waals surface area contributed by atoms with E-state index in [0.717, 1.165) is 28.0 Å². The molecular formula is C30H32N6O3. The molecule has 0 bridgehead atoms. The lowest BCUT2D eigenvalue weighted by atomic mass is 9.85. The number of benzene rings is 2. The van der Waals surface area contributed by atoms with E-state index in [9.17, 15) is 14.9 Å². The summed E-state index contributed by atoms with van der Waals surface area (Å²) in [5.41, 5.74) is 11.1. The molecule has 1 heterocycles. The van der Waals surface area contributed by atoms with Gasteiger partial charge < -0.3 is 21.1 Å². The van der Waals surface area contributed by atoms with Gasteiger partial charge in [0, 0.05) is 42.0 Å². The summed E-state index contributed by atoms with van der Waals surface area (Å²) in [6, 6.07) is 18.4. The minimum atomic E-state index is -0.709. The van der Waals surface area contributed by atoms with Crippen LogP contribution in [0.4, 0.5) is 16.3 Å². The lowest BCUT2D eigenvalue weighted by molar-refractivity contribution is 0.102. The zero-order valence-corrected chi connectivity index (χ0v) is 22.6.